The summed E-state index contributed by atoms with van der Waals surface area (Å²) >= 11 is 0. The number of carboxylic acid groups (broad SMARTS) is 1. The van der Waals surface area contributed by atoms with Crippen LogP contribution in [0.1, 0.15) is 25.8 Å². The molecule has 4 rings (SSSR count). The predicted molar refractivity (Wildman–Crippen MR) is 154 cm³/mol. The number of aromatic nitrogens is 1. The number of ether oxygens (including phenoxy) is 2. The van der Waals surface area contributed by atoms with Gasteiger partial charge >= 0.3 is 18.2 Å². The Labute approximate surface area is 256 Å². The summed E-state index contributed by atoms with van der Waals surface area (Å²) in [6, 6.07) is 16.7. The van der Waals surface area contributed by atoms with Gasteiger partial charge in [0, 0.05) is 30.4 Å². The topological polar surface area (TPSA) is 167 Å². The average Bonchev–Trinajstić information content (AvgIpc) is 3.02. The van der Waals surface area contributed by atoms with Gasteiger partial charge in [-0.2, -0.15) is 13.2 Å². The van der Waals surface area contributed by atoms with E-state index in [-0.39, 0.29) is 32.0 Å². The first-order valence-corrected chi connectivity index (χ1v) is 13.8. The smallest absolute Gasteiger partial charge is 0.488 e. The number of fused-ring (bicyclic) bond motifs is 1. The Bertz CT molecular complexity index is 1480. The molecule has 1 aliphatic rings. The second-order valence-corrected chi connectivity index (χ2v) is 10.5. The number of benzene rings is 2. The fourth-order valence-corrected chi connectivity index (χ4v) is 4.39. The molecule has 0 radical (unpaired) electrons. The predicted octanol–water partition coefficient (Wildman–Crippen LogP) is 4.62. The number of rotatable bonds is 8. The number of hydroxylamine groups is 1. The summed E-state index contributed by atoms with van der Waals surface area (Å²) in [6.45, 7) is 4.71. The van der Waals surface area contributed by atoms with Gasteiger partial charge in [-0.3, -0.25) is 19.8 Å². The lowest BCUT2D eigenvalue weighted by atomic mass is 9.84. The van der Waals surface area contributed by atoms with Gasteiger partial charge in [-0.1, -0.05) is 38.1 Å². The molecule has 12 nitrogen and oxygen atoms in total. The van der Waals surface area contributed by atoms with Crippen LogP contribution in [0, 0.1) is 17.8 Å². The zero-order valence-corrected chi connectivity index (χ0v) is 24.4. The van der Waals surface area contributed by atoms with Gasteiger partial charge in [0.05, 0.1) is 24.0 Å². The number of carboxylic acids is 1. The number of carbonyl (C=O) groups is 4. The highest BCUT2D eigenvalue weighted by molar-refractivity contribution is 5.96. The van der Waals surface area contributed by atoms with Crippen LogP contribution in [-0.2, 0) is 25.7 Å². The third kappa shape index (κ3) is 10.1. The molecule has 0 spiro atoms. The highest BCUT2D eigenvalue weighted by Crippen LogP contribution is 2.27. The lowest BCUT2D eigenvalue weighted by Gasteiger charge is -2.36. The van der Waals surface area contributed by atoms with Crippen molar-refractivity contribution in [2.24, 2.45) is 17.8 Å². The summed E-state index contributed by atoms with van der Waals surface area (Å²) < 4.78 is 43.0. The molecule has 2 atom stereocenters. The fraction of sp³-hybridized carbons (Fsp3) is 0.367. The van der Waals surface area contributed by atoms with Crippen LogP contribution in [0.15, 0.2) is 60.8 Å². The molecule has 0 unspecified atom stereocenters. The third-order valence-corrected chi connectivity index (χ3v) is 6.66. The minimum absolute atomic E-state index is 0.00661. The van der Waals surface area contributed by atoms with E-state index in [9.17, 15) is 27.6 Å². The molecule has 1 aliphatic heterocycles. The molecule has 3 amide bonds. The fourth-order valence-electron chi connectivity index (χ4n) is 4.39. The first-order chi connectivity index (χ1) is 21.3. The van der Waals surface area contributed by atoms with Crippen molar-refractivity contribution in [3.8, 4) is 5.75 Å². The van der Waals surface area contributed by atoms with E-state index in [1.165, 1.54) is 4.90 Å². The van der Waals surface area contributed by atoms with Gasteiger partial charge in [-0.25, -0.2) is 15.1 Å². The van der Waals surface area contributed by atoms with Crippen LogP contribution in [0.2, 0.25) is 0 Å². The van der Waals surface area contributed by atoms with Crippen LogP contribution in [0.4, 0.5) is 23.7 Å². The molecule has 0 bridgehead atoms. The Morgan fingerprint density at radius 3 is 2.31 bits per heavy atom. The molecular weight excluding hydrogens is 601 g/mol. The van der Waals surface area contributed by atoms with E-state index in [0.717, 1.165) is 22.2 Å². The molecular formula is C30H33F3N4O8. The van der Waals surface area contributed by atoms with Crippen molar-refractivity contribution in [3.05, 3.63) is 66.4 Å². The van der Waals surface area contributed by atoms with Gasteiger partial charge in [0.2, 0.25) is 11.8 Å². The van der Waals surface area contributed by atoms with Gasteiger partial charge in [-0.15, -0.1) is 0 Å². The molecule has 2 aromatic carbocycles. The van der Waals surface area contributed by atoms with Gasteiger partial charge in [0.15, 0.2) is 0 Å². The van der Waals surface area contributed by atoms with Crippen molar-refractivity contribution >= 4 is 40.5 Å². The minimum Gasteiger partial charge on any atom is -0.488 e. The Balaban J connectivity index is 0.000000707. The van der Waals surface area contributed by atoms with E-state index in [1.54, 1.807) is 23.8 Å². The van der Waals surface area contributed by atoms with Gasteiger partial charge in [0.25, 0.3) is 0 Å². The van der Waals surface area contributed by atoms with Crippen LogP contribution in [0.25, 0.3) is 10.9 Å². The summed E-state index contributed by atoms with van der Waals surface area (Å²) in [5.41, 5.74) is 3.93. The molecule has 15 heteroatoms. The summed E-state index contributed by atoms with van der Waals surface area (Å²) in [5, 5.41) is 20.0. The van der Waals surface area contributed by atoms with Crippen molar-refractivity contribution in [2.45, 2.75) is 33.1 Å². The quantitative estimate of drug-likeness (QED) is 0.204. The Hall–Kier alpha value is -4.92. The van der Waals surface area contributed by atoms with Crippen molar-refractivity contribution in [1.82, 2.24) is 15.4 Å². The van der Waals surface area contributed by atoms with E-state index in [0.29, 0.717) is 12.3 Å². The number of nitrogens with one attached hydrogen (secondary N) is 2. The highest BCUT2D eigenvalue weighted by Gasteiger charge is 2.40. The van der Waals surface area contributed by atoms with Crippen molar-refractivity contribution < 1.29 is 52.1 Å². The van der Waals surface area contributed by atoms with Crippen LogP contribution in [0.3, 0.4) is 0 Å². The number of likely N-dealkylation sites (tertiary alicyclic amines) is 1. The Kier molecular flexibility index (Phi) is 12.1. The number of piperidine rings is 1. The third-order valence-electron chi connectivity index (χ3n) is 6.66. The number of alkyl halides is 3. The molecule has 1 saturated heterocycles. The van der Waals surface area contributed by atoms with E-state index < -0.39 is 41.9 Å². The van der Waals surface area contributed by atoms with Crippen molar-refractivity contribution in [2.75, 3.05) is 25.0 Å². The molecule has 2 heterocycles. The monoisotopic (exact) mass is 634 g/mol. The number of para-hydroxylation sites is 1. The number of amides is 3. The maximum Gasteiger partial charge on any atom is 0.490 e. The summed E-state index contributed by atoms with van der Waals surface area (Å²) in [5.74, 6) is -4.57. The van der Waals surface area contributed by atoms with E-state index in [1.807, 2.05) is 56.3 Å². The van der Waals surface area contributed by atoms with Crippen LogP contribution in [-0.4, -0.2) is 69.9 Å². The lowest BCUT2D eigenvalue weighted by Crippen LogP contribution is -2.52. The Morgan fingerprint density at radius 2 is 1.69 bits per heavy atom. The van der Waals surface area contributed by atoms with Gasteiger partial charge in [0.1, 0.15) is 12.4 Å². The summed E-state index contributed by atoms with van der Waals surface area (Å²) in [4.78, 5) is 52.5. The summed E-state index contributed by atoms with van der Waals surface area (Å²) in [6.07, 6.45) is -3.68. The van der Waals surface area contributed by atoms with Crippen LogP contribution in [0.5, 0.6) is 5.75 Å². The molecule has 3 aromatic rings. The van der Waals surface area contributed by atoms with E-state index in [2.05, 4.69) is 10.3 Å². The second kappa shape index (κ2) is 15.7. The molecule has 0 saturated carbocycles. The molecule has 242 valence electrons. The van der Waals surface area contributed by atoms with E-state index >= 15 is 0 Å². The van der Waals surface area contributed by atoms with Crippen molar-refractivity contribution in [3.63, 3.8) is 0 Å². The molecule has 4 N–H and O–H groups in total. The lowest BCUT2D eigenvalue weighted by molar-refractivity contribution is -0.192. The number of nitrogens with zero attached hydrogens (tertiary/aromatic N) is 2. The first kappa shape index (κ1) is 34.6. The molecule has 1 aromatic heterocycles. The molecule has 45 heavy (non-hydrogen) atoms. The average molecular weight is 635 g/mol. The number of hydrogen-bond acceptors (Lipinski definition) is 8. The first-order valence-electron chi connectivity index (χ1n) is 13.8. The number of hydrogen-bond donors (Lipinski definition) is 4. The number of halogens is 3. The number of aliphatic carboxylic acids is 1. The minimum atomic E-state index is -5.08. The van der Waals surface area contributed by atoms with Crippen LogP contribution >= 0.6 is 0 Å². The van der Waals surface area contributed by atoms with E-state index in [4.69, 9.17) is 24.6 Å². The maximum atomic E-state index is 13.2. The maximum absolute atomic E-state index is 13.2. The normalized spacial score (nSPS) is 16.3. The van der Waals surface area contributed by atoms with Crippen molar-refractivity contribution in [1.29, 1.82) is 0 Å². The number of pyridine rings is 1. The zero-order valence-electron chi connectivity index (χ0n) is 24.4. The molecule has 1 fully saturated rings. The molecule has 0 aliphatic carbocycles. The van der Waals surface area contributed by atoms with Crippen LogP contribution < -0.4 is 15.5 Å². The zero-order chi connectivity index (χ0) is 33.1. The summed E-state index contributed by atoms with van der Waals surface area (Å²) in [7, 11) is 0. The number of carbonyl (C=O) groups excluding carboxylic acids is 3. The Morgan fingerprint density at radius 1 is 1.02 bits per heavy atom. The second-order valence-electron chi connectivity index (χ2n) is 10.5. The van der Waals surface area contributed by atoms with Gasteiger partial charge in [-0.05, 0) is 48.2 Å². The number of anilines is 1. The largest absolute Gasteiger partial charge is 0.490 e. The standard InChI is InChI=1S/C28H32N4O6.C2HF3O2/c1-18(2)16-38-28(35)32-14-12-21(27(34)31-36)23(15-32)26(33)30-20-9-7-19(8-10-20)17-37-25-11-13-29-24-6-4-3-5-22(24)25;3-2(4,5)1(6)7/h3-11,13,18,21,23,36H,12,14-17H2,1-2H3,(H,30,33)(H,31,34);(H,6,7)/t21-,23-;/m0./s1. The van der Waals surface area contributed by atoms with Gasteiger partial charge < -0.3 is 24.8 Å². The SMILES string of the molecule is CC(C)COC(=O)N1CC[C@H](C(=O)NO)[C@@H](C(=O)Nc2ccc(COc3ccnc4ccccc34)cc2)C1.O=C(O)C(F)(F)F. The highest BCUT2D eigenvalue weighted by atomic mass is 19.4.